The van der Waals surface area contributed by atoms with E-state index < -0.39 is 0 Å². The fourth-order valence-electron chi connectivity index (χ4n) is 2.13. The summed E-state index contributed by atoms with van der Waals surface area (Å²) in [5.41, 5.74) is 0.663. The molecule has 0 aliphatic carbocycles. The molecular formula is C12H15BrFNO. The molecule has 1 aromatic rings. The van der Waals surface area contributed by atoms with Crippen molar-refractivity contribution >= 4 is 15.9 Å². The second kappa shape index (κ2) is 5.15. The average molecular weight is 288 g/mol. The highest BCUT2D eigenvalue weighted by Gasteiger charge is 2.20. The molecule has 1 aliphatic heterocycles. The molecule has 88 valence electrons. The van der Waals surface area contributed by atoms with Gasteiger partial charge >= 0.3 is 0 Å². The van der Waals surface area contributed by atoms with Crippen molar-refractivity contribution in [1.29, 1.82) is 0 Å². The second-order valence-corrected chi connectivity index (χ2v) is 4.89. The molecular weight excluding hydrogens is 273 g/mol. The van der Waals surface area contributed by atoms with Crippen molar-refractivity contribution in [3.05, 3.63) is 28.0 Å². The number of halogens is 2. The highest BCUT2D eigenvalue weighted by atomic mass is 79.9. The van der Waals surface area contributed by atoms with E-state index in [0.717, 1.165) is 13.0 Å². The van der Waals surface area contributed by atoms with E-state index in [1.54, 1.807) is 19.2 Å². The second-order valence-electron chi connectivity index (χ2n) is 4.04. The first-order valence-electron chi connectivity index (χ1n) is 5.46. The van der Waals surface area contributed by atoms with Crippen LogP contribution in [0.1, 0.15) is 18.4 Å². The van der Waals surface area contributed by atoms with Crippen LogP contribution in [0.4, 0.5) is 4.39 Å². The standard InChI is InChI=1S/C12H15BrFNO/c1-16-11-5-4-10(13)12(14)9(11)7-8-3-2-6-15-8/h4-5,8,15H,2-3,6-7H2,1H3. The maximum absolute atomic E-state index is 13.9. The molecule has 1 atom stereocenters. The first kappa shape index (κ1) is 11.9. The quantitative estimate of drug-likeness (QED) is 0.923. The number of ether oxygens (including phenoxy) is 1. The molecule has 1 N–H and O–H groups in total. The van der Waals surface area contributed by atoms with Gasteiger partial charge in [0, 0.05) is 11.6 Å². The number of benzene rings is 1. The Morgan fingerprint density at radius 2 is 2.38 bits per heavy atom. The summed E-state index contributed by atoms with van der Waals surface area (Å²) in [6, 6.07) is 3.86. The lowest BCUT2D eigenvalue weighted by Gasteiger charge is -2.15. The fraction of sp³-hybridized carbons (Fsp3) is 0.500. The van der Waals surface area contributed by atoms with E-state index in [0.29, 0.717) is 28.2 Å². The molecule has 0 bridgehead atoms. The van der Waals surface area contributed by atoms with Crippen molar-refractivity contribution in [3.8, 4) is 5.75 Å². The van der Waals surface area contributed by atoms with Gasteiger partial charge in [-0.2, -0.15) is 0 Å². The number of hydrogen-bond donors (Lipinski definition) is 1. The number of nitrogens with one attached hydrogen (secondary N) is 1. The number of hydrogen-bond acceptors (Lipinski definition) is 2. The summed E-state index contributed by atoms with van der Waals surface area (Å²) in [4.78, 5) is 0. The van der Waals surface area contributed by atoms with Crippen molar-refractivity contribution in [3.63, 3.8) is 0 Å². The van der Waals surface area contributed by atoms with Gasteiger partial charge in [-0.1, -0.05) is 0 Å². The summed E-state index contributed by atoms with van der Waals surface area (Å²) in [6.45, 7) is 1.03. The van der Waals surface area contributed by atoms with Crippen molar-refractivity contribution in [1.82, 2.24) is 5.32 Å². The van der Waals surface area contributed by atoms with E-state index in [-0.39, 0.29) is 5.82 Å². The van der Waals surface area contributed by atoms with Gasteiger partial charge < -0.3 is 10.1 Å². The lowest BCUT2D eigenvalue weighted by atomic mass is 10.0. The topological polar surface area (TPSA) is 21.3 Å². The van der Waals surface area contributed by atoms with Crippen molar-refractivity contribution < 1.29 is 9.13 Å². The predicted octanol–water partition coefficient (Wildman–Crippen LogP) is 2.89. The van der Waals surface area contributed by atoms with Crippen LogP contribution in [0.25, 0.3) is 0 Å². The Labute approximate surface area is 103 Å². The van der Waals surface area contributed by atoms with Crippen LogP contribution in [0.5, 0.6) is 5.75 Å². The number of methoxy groups -OCH3 is 1. The van der Waals surface area contributed by atoms with Gasteiger partial charge in [0.25, 0.3) is 0 Å². The van der Waals surface area contributed by atoms with Crippen molar-refractivity contribution in [2.75, 3.05) is 13.7 Å². The third-order valence-corrected chi connectivity index (χ3v) is 3.60. The summed E-state index contributed by atoms with van der Waals surface area (Å²) < 4.78 is 19.7. The SMILES string of the molecule is COc1ccc(Br)c(F)c1CC1CCCN1. The fourth-order valence-corrected chi connectivity index (χ4v) is 2.51. The smallest absolute Gasteiger partial charge is 0.144 e. The molecule has 1 fully saturated rings. The zero-order valence-corrected chi connectivity index (χ0v) is 10.8. The van der Waals surface area contributed by atoms with Gasteiger partial charge in [-0.15, -0.1) is 0 Å². The van der Waals surface area contributed by atoms with Crippen LogP contribution in [0, 0.1) is 5.82 Å². The molecule has 0 spiro atoms. The van der Waals surface area contributed by atoms with Crippen LogP contribution < -0.4 is 10.1 Å². The molecule has 1 aromatic carbocycles. The summed E-state index contributed by atoms with van der Waals surface area (Å²) >= 11 is 3.21. The van der Waals surface area contributed by atoms with E-state index in [4.69, 9.17) is 4.74 Å². The summed E-state index contributed by atoms with van der Waals surface area (Å²) in [7, 11) is 1.58. The van der Waals surface area contributed by atoms with Gasteiger partial charge in [0.05, 0.1) is 11.6 Å². The van der Waals surface area contributed by atoms with Gasteiger partial charge in [-0.3, -0.25) is 0 Å². The molecule has 2 rings (SSSR count). The van der Waals surface area contributed by atoms with Crippen LogP contribution >= 0.6 is 15.9 Å². The van der Waals surface area contributed by atoms with Crippen LogP contribution in [0.2, 0.25) is 0 Å². The molecule has 1 heterocycles. The summed E-state index contributed by atoms with van der Waals surface area (Å²) in [5, 5.41) is 3.37. The molecule has 2 nitrogen and oxygen atoms in total. The van der Waals surface area contributed by atoms with Crippen LogP contribution in [-0.4, -0.2) is 19.7 Å². The molecule has 0 amide bonds. The monoisotopic (exact) mass is 287 g/mol. The zero-order chi connectivity index (χ0) is 11.5. The molecule has 0 aromatic heterocycles. The third kappa shape index (κ3) is 2.38. The lowest BCUT2D eigenvalue weighted by molar-refractivity contribution is 0.400. The zero-order valence-electron chi connectivity index (χ0n) is 9.22. The molecule has 1 saturated heterocycles. The Morgan fingerprint density at radius 3 is 3.00 bits per heavy atom. The molecule has 1 unspecified atom stereocenters. The van der Waals surface area contributed by atoms with Crippen molar-refractivity contribution in [2.45, 2.75) is 25.3 Å². The van der Waals surface area contributed by atoms with E-state index in [9.17, 15) is 4.39 Å². The summed E-state index contributed by atoms with van der Waals surface area (Å²) in [5.74, 6) is 0.433. The highest BCUT2D eigenvalue weighted by Crippen LogP contribution is 2.29. The summed E-state index contributed by atoms with van der Waals surface area (Å²) in [6.07, 6.45) is 2.96. The molecule has 0 radical (unpaired) electrons. The minimum atomic E-state index is -0.201. The maximum Gasteiger partial charge on any atom is 0.144 e. The first-order chi connectivity index (χ1) is 7.72. The molecule has 1 aliphatic rings. The molecule has 0 saturated carbocycles. The largest absolute Gasteiger partial charge is 0.496 e. The lowest BCUT2D eigenvalue weighted by Crippen LogP contribution is -2.24. The maximum atomic E-state index is 13.9. The Kier molecular flexibility index (Phi) is 3.82. The predicted molar refractivity (Wildman–Crippen MR) is 65.4 cm³/mol. The average Bonchev–Trinajstić information content (AvgIpc) is 2.78. The Morgan fingerprint density at radius 1 is 1.56 bits per heavy atom. The Bertz CT molecular complexity index is 378. The normalized spacial score (nSPS) is 20.1. The van der Waals surface area contributed by atoms with E-state index >= 15 is 0 Å². The van der Waals surface area contributed by atoms with E-state index in [1.807, 2.05) is 0 Å². The van der Waals surface area contributed by atoms with Crippen LogP contribution in [0.3, 0.4) is 0 Å². The van der Waals surface area contributed by atoms with E-state index in [1.165, 1.54) is 6.42 Å². The van der Waals surface area contributed by atoms with Crippen LogP contribution in [-0.2, 0) is 6.42 Å². The van der Waals surface area contributed by atoms with Gasteiger partial charge in [0.2, 0.25) is 0 Å². The highest BCUT2D eigenvalue weighted by molar-refractivity contribution is 9.10. The minimum Gasteiger partial charge on any atom is -0.496 e. The molecule has 4 heteroatoms. The third-order valence-electron chi connectivity index (χ3n) is 2.99. The minimum absolute atomic E-state index is 0.201. The Hall–Kier alpha value is -0.610. The van der Waals surface area contributed by atoms with Crippen molar-refractivity contribution in [2.24, 2.45) is 0 Å². The molecule has 16 heavy (non-hydrogen) atoms. The van der Waals surface area contributed by atoms with Gasteiger partial charge in [0.15, 0.2) is 0 Å². The van der Waals surface area contributed by atoms with Gasteiger partial charge in [-0.05, 0) is 53.9 Å². The van der Waals surface area contributed by atoms with Gasteiger partial charge in [0.1, 0.15) is 11.6 Å². The van der Waals surface area contributed by atoms with E-state index in [2.05, 4.69) is 21.2 Å². The van der Waals surface area contributed by atoms with Crippen LogP contribution in [0.15, 0.2) is 16.6 Å². The first-order valence-corrected chi connectivity index (χ1v) is 6.26. The number of rotatable bonds is 3. The van der Waals surface area contributed by atoms with Gasteiger partial charge in [-0.25, -0.2) is 4.39 Å². The Balaban J connectivity index is 2.25.